The Balaban J connectivity index is 1.79. The second-order valence-corrected chi connectivity index (χ2v) is 5.12. The zero-order valence-corrected chi connectivity index (χ0v) is 13.0. The molecule has 0 aliphatic rings. The van der Waals surface area contributed by atoms with Crippen LogP contribution >= 0.6 is 0 Å². The highest BCUT2D eigenvalue weighted by Crippen LogP contribution is 2.25. The first kappa shape index (κ1) is 15.7. The van der Waals surface area contributed by atoms with Crippen LogP contribution in [0.5, 0.6) is 5.75 Å². The molecule has 0 saturated carbocycles. The SMILES string of the molecule is COc1ccc(-c2cc(/C=C/C(=O)c3ccccc3)[nH]n2)c(F)c1. The summed E-state index contributed by atoms with van der Waals surface area (Å²) >= 11 is 0. The Kier molecular flexibility index (Phi) is 4.52. The number of nitrogens with one attached hydrogen (secondary N) is 1. The van der Waals surface area contributed by atoms with E-state index < -0.39 is 5.82 Å². The third-order valence-electron chi connectivity index (χ3n) is 3.52. The molecule has 0 aliphatic carbocycles. The lowest BCUT2D eigenvalue weighted by molar-refractivity contribution is 0.104. The number of halogens is 1. The zero-order chi connectivity index (χ0) is 16.9. The van der Waals surface area contributed by atoms with Crippen molar-refractivity contribution in [2.24, 2.45) is 0 Å². The highest BCUT2D eigenvalue weighted by atomic mass is 19.1. The van der Waals surface area contributed by atoms with E-state index in [1.165, 1.54) is 19.3 Å². The van der Waals surface area contributed by atoms with Crippen LogP contribution in [0.2, 0.25) is 0 Å². The zero-order valence-electron chi connectivity index (χ0n) is 13.0. The Morgan fingerprint density at radius 1 is 1.17 bits per heavy atom. The van der Waals surface area contributed by atoms with Crippen LogP contribution in [0, 0.1) is 5.82 Å². The van der Waals surface area contributed by atoms with E-state index in [1.807, 2.05) is 18.2 Å². The fourth-order valence-electron chi connectivity index (χ4n) is 2.25. The maximum atomic E-state index is 14.1. The molecule has 0 radical (unpaired) electrons. The molecule has 0 unspecified atom stereocenters. The summed E-state index contributed by atoms with van der Waals surface area (Å²) in [6, 6.07) is 15.2. The van der Waals surface area contributed by atoms with Gasteiger partial charge in [-0.05, 0) is 30.4 Å². The molecular weight excluding hydrogens is 307 g/mol. The summed E-state index contributed by atoms with van der Waals surface area (Å²) in [5.41, 5.74) is 2.04. The number of hydrogen-bond acceptors (Lipinski definition) is 3. The number of ether oxygens (including phenoxy) is 1. The molecule has 3 rings (SSSR count). The molecule has 3 aromatic rings. The van der Waals surface area contributed by atoms with Crippen molar-refractivity contribution in [1.29, 1.82) is 0 Å². The predicted octanol–water partition coefficient (Wildman–Crippen LogP) is 4.12. The average molecular weight is 322 g/mol. The standard InChI is InChI=1S/C19H15FN2O2/c1-24-15-8-9-16(17(20)12-15)18-11-14(21-22-18)7-10-19(23)13-5-3-2-4-6-13/h2-12H,1H3,(H,21,22)/b10-7+. The molecule has 2 aromatic carbocycles. The number of hydrogen-bond donors (Lipinski definition) is 1. The van der Waals surface area contributed by atoms with E-state index in [-0.39, 0.29) is 5.78 Å². The Hall–Kier alpha value is -3.21. The summed E-state index contributed by atoms with van der Waals surface area (Å²) in [5.74, 6) is -0.0838. The van der Waals surface area contributed by atoms with E-state index in [0.717, 1.165) is 0 Å². The fraction of sp³-hybridized carbons (Fsp3) is 0.0526. The summed E-state index contributed by atoms with van der Waals surface area (Å²) in [4.78, 5) is 12.0. The topological polar surface area (TPSA) is 55.0 Å². The van der Waals surface area contributed by atoms with Crippen molar-refractivity contribution in [1.82, 2.24) is 10.2 Å². The molecule has 0 saturated heterocycles. The molecule has 0 atom stereocenters. The van der Waals surface area contributed by atoms with Gasteiger partial charge in [-0.25, -0.2) is 4.39 Å². The van der Waals surface area contributed by atoms with Gasteiger partial charge < -0.3 is 4.74 Å². The predicted molar refractivity (Wildman–Crippen MR) is 90.3 cm³/mol. The number of carbonyl (C=O) groups is 1. The first-order valence-electron chi connectivity index (χ1n) is 7.34. The van der Waals surface area contributed by atoms with E-state index in [9.17, 15) is 9.18 Å². The Morgan fingerprint density at radius 3 is 2.67 bits per heavy atom. The smallest absolute Gasteiger partial charge is 0.185 e. The van der Waals surface area contributed by atoms with Gasteiger partial charge in [-0.2, -0.15) is 5.10 Å². The first-order valence-corrected chi connectivity index (χ1v) is 7.34. The largest absolute Gasteiger partial charge is 0.497 e. The number of benzene rings is 2. The average Bonchev–Trinajstić information content (AvgIpc) is 3.09. The van der Waals surface area contributed by atoms with Crippen LogP contribution in [0.3, 0.4) is 0 Å². The summed E-state index contributed by atoms with van der Waals surface area (Å²) in [5, 5.41) is 6.87. The fourth-order valence-corrected chi connectivity index (χ4v) is 2.25. The third kappa shape index (κ3) is 3.41. The third-order valence-corrected chi connectivity index (χ3v) is 3.52. The van der Waals surface area contributed by atoms with Crippen molar-refractivity contribution in [3.8, 4) is 17.0 Å². The summed E-state index contributed by atoms with van der Waals surface area (Å²) in [6.45, 7) is 0. The van der Waals surface area contributed by atoms with Crippen LogP contribution < -0.4 is 4.74 Å². The van der Waals surface area contributed by atoms with E-state index in [1.54, 1.807) is 36.4 Å². The van der Waals surface area contributed by atoms with Gasteiger partial charge in [0.2, 0.25) is 0 Å². The number of allylic oxidation sites excluding steroid dienone is 1. The molecule has 4 nitrogen and oxygen atoms in total. The summed E-state index contributed by atoms with van der Waals surface area (Å²) < 4.78 is 19.0. The second-order valence-electron chi connectivity index (χ2n) is 5.12. The number of methoxy groups -OCH3 is 1. The van der Waals surface area contributed by atoms with Crippen LogP contribution in [0.4, 0.5) is 4.39 Å². The second kappa shape index (κ2) is 6.91. The van der Waals surface area contributed by atoms with Crippen molar-refractivity contribution >= 4 is 11.9 Å². The van der Waals surface area contributed by atoms with Crippen molar-refractivity contribution in [2.45, 2.75) is 0 Å². The van der Waals surface area contributed by atoms with Crippen LogP contribution in [0.1, 0.15) is 16.1 Å². The number of aromatic nitrogens is 2. The van der Waals surface area contributed by atoms with E-state index in [0.29, 0.717) is 28.3 Å². The summed E-state index contributed by atoms with van der Waals surface area (Å²) in [7, 11) is 1.48. The number of rotatable bonds is 5. The minimum absolute atomic E-state index is 0.109. The van der Waals surface area contributed by atoms with Crippen LogP contribution in [0.15, 0.2) is 60.7 Å². The highest BCUT2D eigenvalue weighted by molar-refractivity contribution is 6.06. The first-order chi connectivity index (χ1) is 11.7. The maximum absolute atomic E-state index is 14.1. The van der Waals surface area contributed by atoms with Crippen LogP contribution in [0.25, 0.3) is 17.3 Å². The quantitative estimate of drug-likeness (QED) is 0.568. The molecule has 5 heteroatoms. The Labute approximate surface area is 138 Å². The lowest BCUT2D eigenvalue weighted by atomic mass is 10.1. The summed E-state index contributed by atoms with van der Waals surface area (Å²) in [6.07, 6.45) is 3.07. The lowest BCUT2D eigenvalue weighted by Gasteiger charge is -2.02. The molecule has 1 N–H and O–H groups in total. The Bertz CT molecular complexity index is 885. The molecule has 24 heavy (non-hydrogen) atoms. The van der Waals surface area contributed by atoms with Crippen molar-refractivity contribution in [3.05, 3.63) is 77.7 Å². The monoisotopic (exact) mass is 322 g/mol. The van der Waals surface area contributed by atoms with Gasteiger partial charge in [0.15, 0.2) is 5.78 Å². The number of H-pyrrole nitrogens is 1. The number of aromatic amines is 1. The van der Waals surface area contributed by atoms with Crippen LogP contribution in [-0.2, 0) is 0 Å². The lowest BCUT2D eigenvalue weighted by Crippen LogP contribution is -1.92. The molecule has 0 spiro atoms. The van der Waals surface area contributed by atoms with Gasteiger partial charge in [0.1, 0.15) is 11.6 Å². The Morgan fingerprint density at radius 2 is 1.96 bits per heavy atom. The van der Waals surface area contributed by atoms with E-state index >= 15 is 0 Å². The van der Waals surface area contributed by atoms with Gasteiger partial charge in [-0.15, -0.1) is 0 Å². The molecule has 0 bridgehead atoms. The van der Waals surface area contributed by atoms with Gasteiger partial charge >= 0.3 is 0 Å². The highest BCUT2D eigenvalue weighted by Gasteiger charge is 2.10. The molecular formula is C19H15FN2O2. The van der Waals surface area contributed by atoms with Gasteiger partial charge in [0, 0.05) is 17.2 Å². The molecule has 0 aliphatic heterocycles. The van der Waals surface area contributed by atoms with E-state index in [2.05, 4.69) is 10.2 Å². The molecule has 1 heterocycles. The minimum atomic E-state index is -0.420. The maximum Gasteiger partial charge on any atom is 0.185 e. The molecule has 0 fully saturated rings. The number of ketones is 1. The van der Waals surface area contributed by atoms with Crippen LogP contribution in [-0.4, -0.2) is 23.1 Å². The minimum Gasteiger partial charge on any atom is -0.497 e. The molecule has 0 amide bonds. The van der Waals surface area contributed by atoms with Crippen molar-refractivity contribution < 1.29 is 13.9 Å². The molecule has 120 valence electrons. The number of nitrogens with zero attached hydrogens (tertiary/aromatic N) is 1. The normalized spacial score (nSPS) is 10.9. The van der Waals surface area contributed by atoms with E-state index in [4.69, 9.17) is 4.74 Å². The van der Waals surface area contributed by atoms with Gasteiger partial charge in [-0.1, -0.05) is 30.3 Å². The number of carbonyl (C=O) groups excluding carboxylic acids is 1. The van der Waals surface area contributed by atoms with Gasteiger partial charge in [0.25, 0.3) is 0 Å². The van der Waals surface area contributed by atoms with Crippen molar-refractivity contribution in [3.63, 3.8) is 0 Å². The molecule has 1 aromatic heterocycles. The van der Waals surface area contributed by atoms with Gasteiger partial charge in [-0.3, -0.25) is 9.89 Å². The van der Waals surface area contributed by atoms with Crippen molar-refractivity contribution in [2.75, 3.05) is 7.11 Å². The van der Waals surface area contributed by atoms with Gasteiger partial charge in [0.05, 0.1) is 18.5 Å².